The fraction of sp³-hybridized carbons (Fsp3) is 0.926. The molecular formula is C94H208O14. The molecule has 668 valence electrons. The fourth-order valence-electron chi connectivity index (χ4n) is 9.91. The second-order valence-electron chi connectivity index (χ2n) is 32.7. The summed E-state index contributed by atoms with van der Waals surface area (Å²) in [6.07, 6.45) is 30.3. The topological polar surface area (TPSA) is 184 Å². The number of carbonyl (C=O) groups is 7. The molecule has 14 heteroatoms. The molecule has 0 N–H and O–H groups in total. The number of rotatable bonds is 23. The smallest absolute Gasteiger partial charge is 0.312 e. The van der Waals surface area contributed by atoms with Crippen LogP contribution in [0, 0.1) is 39.9 Å². The van der Waals surface area contributed by atoms with Gasteiger partial charge in [-0.3, -0.25) is 33.6 Å². The summed E-state index contributed by atoms with van der Waals surface area (Å²) < 4.78 is 38.6. The van der Waals surface area contributed by atoms with Gasteiger partial charge in [0.15, 0.2) is 0 Å². The van der Waals surface area contributed by atoms with Crippen LogP contribution >= 0.6 is 0 Å². The van der Waals surface area contributed by atoms with Gasteiger partial charge in [-0.15, -0.1) is 0 Å². The SMILES string of the molecule is C.C.C.C.C.C.C.C.C.C.C.C.C.C.CCC(C)(C)C(=O)OC(C)(C)C.CCC(C)(C)OC(=O)C(C)(C)CC.CCC(C)C(=O)OC(C)(C)C.CCC(C)C(=O)OC1(C)CCCC1.CCC(C)C(=O)OC1(CC)CCCC1.CCC(C)C(=O)OC1(CC)CCCCC1.CCC1(OC(=O)C(C)(C)CC)CCCCC1. The van der Waals surface area contributed by atoms with E-state index >= 15 is 0 Å². The summed E-state index contributed by atoms with van der Waals surface area (Å²) in [5, 5.41) is 0. The van der Waals surface area contributed by atoms with Crippen molar-refractivity contribution in [3.8, 4) is 0 Å². The van der Waals surface area contributed by atoms with E-state index in [2.05, 4.69) is 27.7 Å². The monoisotopic (exact) mass is 1560 g/mol. The Kier molecular flexibility index (Phi) is 93.1. The molecule has 0 aliphatic heterocycles. The van der Waals surface area contributed by atoms with Gasteiger partial charge in [0.25, 0.3) is 0 Å². The van der Waals surface area contributed by atoms with Gasteiger partial charge < -0.3 is 33.2 Å². The molecule has 0 aromatic rings. The van der Waals surface area contributed by atoms with Crippen molar-refractivity contribution in [2.75, 3.05) is 0 Å². The van der Waals surface area contributed by atoms with E-state index in [0.29, 0.717) is 0 Å². The van der Waals surface area contributed by atoms with Crippen LogP contribution in [0.2, 0.25) is 0 Å². The van der Waals surface area contributed by atoms with Crippen LogP contribution in [0.4, 0.5) is 0 Å². The summed E-state index contributed by atoms with van der Waals surface area (Å²) in [5.74, 6) is -0.163. The van der Waals surface area contributed by atoms with Gasteiger partial charge >= 0.3 is 41.8 Å². The Morgan fingerprint density at radius 2 is 0.500 bits per heavy atom. The summed E-state index contributed by atoms with van der Waals surface area (Å²) in [6, 6.07) is 0. The second-order valence-corrected chi connectivity index (χ2v) is 32.7. The van der Waals surface area contributed by atoms with Crippen molar-refractivity contribution in [2.24, 2.45) is 39.9 Å². The normalized spacial score (nSPS) is 16.1. The average Bonchev–Trinajstić information content (AvgIpc) is 1.13. The van der Waals surface area contributed by atoms with Crippen LogP contribution in [0.3, 0.4) is 0 Å². The molecule has 4 aliphatic carbocycles. The van der Waals surface area contributed by atoms with Gasteiger partial charge in [-0.2, -0.15) is 0 Å². The molecule has 4 fully saturated rings. The molecule has 0 aromatic heterocycles. The molecule has 4 rings (SSSR count). The fourth-order valence-corrected chi connectivity index (χ4v) is 9.91. The molecule has 0 spiro atoms. The summed E-state index contributed by atoms with van der Waals surface area (Å²) >= 11 is 0. The minimum Gasteiger partial charge on any atom is -0.460 e. The lowest BCUT2D eigenvalue weighted by atomic mass is 9.82. The Labute approximate surface area is 682 Å². The first kappa shape index (κ1) is 146. The summed E-state index contributed by atoms with van der Waals surface area (Å²) in [7, 11) is 0. The Balaban J connectivity index is -0.0000000585. The third kappa shape index (κ3) is 60.0. The molecule has 4 atom stereocenters. The maximum absolute atomic E-state index is 12.1. The maximum atomic E-state index is 12.1. The number of esters is 7. The highest BCUT2D eigenvalue weighted by Gasteiger charge is 2.41. The van der Waals surface area contributed by atoms with E-state index in [0.717, 1.165) is 122 Å². The first-order valence-electron chi connectivity index (χ1n) is 37.7. The van der Waals surface area contributed by atoms with Crippen molar-refractivity contribution in [1.29, 1.82) is 0 Å². The van der Waals surface area contributed by atoms with E-state index < -0.39 is 0 Å². The van der Waals surface area contributed by atoms with E-state index in [4.69, 9.17) is 33.2 Å². The molecule has 4 aliphatic rings. The van der Waals surface area contributed by atoms with Crippen LogP contribution in [0.1, 0.15) is 498 Å². The lowest BCUT2D eigenvalue weighted by Crippen LogP contribution is -2.40. The highest BCUT2D eigenvalue weighted by atomic mass is 16.6. The lowest BCUT2D eigenvalue weighted by Gasteiger charge is -2.38. The first-order valence-corrected chi connectivity index (χ1v) is 37.7. The van der Waals surface area contributed by atoms with E-state index in [1.807, 2.05) is 180 Å². The van der Waals surface area contributed by atoms with Crippen LogP contribution in [0.25, 0.3) is 0 Å². The molecule has 0 aromatic carbocycles. The third-order valence-corrected chi connectivity index (χ3v) is 20.3. The predicted octanol–water partition coefficient (Wildman–Crippen LogP) is 31.2. The summed E-state index contributed by atoms with van der Waals surface area (Å²) in [6.45, 7) is 59.0. The minimum absolute atomic E-state index is 0. The molecule has 4 saturated carbocycles. The van der Waals surface area contributed by atoms with Gasteiger partial charge in [-0.25, -0.2) is 0 Å². The van der Waals surface area contributed by atoms with Crippen LogP contribution < -0.4 is 0 Å². The minimum atomic E-state index is -0.372. The highest BCUT2D eigenvalue weighted by Crippen LogP contribution is 2.40. The van der Waals surface area contributed by atoms with Gasteiger partial charge in [0.2, 0.25) is 0 Å². The Hall–Kier alpha value is -3.71. The molecule has 0 heterocycles. The van der Waals surface area contributed by atoms with Crippen LogP contribution in [-0.2, 0) is 66.7 Å². The van der Waals surface area contributed by atoms with Gasteiger partial charge in [-0.05, 0) is 277 Å². The number of carbonyl (C=O) groups excluding carboxylic acids is 7. The van der Waals surface area contributed by atoms with E-state index in [-0.39, 0.29) is 225 Å². The predicted molar refractivity (Wildman–Crippen MR) is 481 cm³/mol. The quantitative estimate of drug-likeness (QED) is 0.0695. The van der Waals surface area contributed by atoms with Crippen molar-refractivity contribution in [2.45, 2.75) is 537 Å². The first-order chi connectivity index (χ1) is 43.1. The van der Waals surface area contributed by atoms with Crippen LogP contribution in [0.15, 0.2) is 0 Å². The average molecular weight is 1560 g/mol. The molecular weight excluding hydrogens is 1350 g/mol. The molecule has 108 heavy (non-hydrogen) atoms. The summed E-state index contributed by atoms with van der Waals surface area (Å²) in [5.41, 5.74) is -2.63. The van der Waals surface area contributed by atoms with Crippen LogP contribution in [0.5, 0.6) is 0 Å². The molecule has 14 nitrogen and oxygen atoms in total. The third-order valence-electron chi connectivity index (χ3n) is 20.3. The van der Waals surface area contributed by atoms with Crippen molar-refractivity contribution < 1.29 is 66.7 Å². The number of ether oxygens (including phenoxy) is 7. The largest absolute Gasteiger partial charge is 0.460 e. The maximum Gasteiger partial charge on any atom is 0.312 e. The molecule has 0 radical (unpaired) electrons. The zero-order chi connectivity index (χ0) is 73.8. The van der Waals surface area contributed by atoms with E-state index in [1.165, 1.54) is 64.2 Å². The van der Waals surface area contributed by atoms with Gasteiger partial charge in [0.1, 0.15) is 39.2 Å². The van der Waals surface area contributed by atoms with E-state index in [1.54, 1.807) is 0 Å². The molecule has 0 bridgehead atoms. The Morgan fingerprint density at radius 3 is 0.741 bits per heavy atom. The van der Waals surface area contributed by atoms with Crippen LogP contribution in [-0.4, -0.2) is 81.0 Å². The zero-order valence-corrected chi connectivity index (χ0v) is 67.0. The van der Waals surface area contributed by atoms with Gasteiger partial charge in [-0.1, -0.05) is 221 Å². The number of hydrogen-bond acceptors (Lipinski definition) is 14. The van der Waals surface area contributed by atoms with Crippen molar-refractivity contribution in [3.05, 3.63) is 0 Å². The Morgan fingerprint density at radius 1 is 0.278 bits per heavy atom. The van der Waals surface area contributed by atoms with Gasteiger partial charge in [0.05, 0.1) is 39.9 Å². The molecule has 0 amide bonds. The standard InChI is InChI=1S/C14H26O2.C13H24O2.C12H22O2.C11H20O2.C11H22O2.C10H20O2.C9H18O2.14CH4/c1-5-13(3,4)12(15)16-14(6-2)10-8-7-9-11-14;1-4-11(3)12(14)15-13(5-2)9-7-6-8-10-13;1-4-10(3)11(13)14-12(5-2)8-6-7-9-12;1-4-9(2)10(12)13-11(3)7-5-6-8-11;1-7-10(3,4)9(12)13-11(5,6)8-2;1-7-10(5,6)8(11)12-9(2,3)4;1-6-7(2)8(10)11-9(3,4)5;;;;;;;;;;;;;;/h5-11H2,1-4H3;11H,4-10H2,1-3H3;10H,4-9H2,1-3H3;9H,4-8H2,1-3H3;7-8H2,1-6H3;7H2,1-6H3;7H,6H2,1-5H3;14*1H4. The highest BCUT2D eigenvalue weighted by molar-refractivity contribution is 5.77. The zero-order valence-electron chi connectivity index (χ0n) is 67.0. The van der Waals surface area contributed by atoms with Crippen molar-refractivity contribution in [3.63, 3.8) is 0 Å². The summed E-state index contributed by atoms with van der Waals surface area (Å²) in [4.78, 5) is 81.4. The lowest BCUT2D eigenvalue weighted by molar-refractivity contribution is -0.175. The van der Waals surface area contributed by atoms with E-state index in [9.17, 15) is 33.6 Å². The number of hydrogen-bond donors (Lipinski definition) is 0. The second kappa shape index (κ2) is 68.8. The van der Waals surface area contributed by atoms with Gasteiger partial charge in [0, 0.05) is 0 Å². The molecule has 0 saturated heterocycles. The Bertz CT molecular complexity index is 2130. The van der Waals surface area contributed by atoms with Crippen molar-refractivity contribution in [1.82, 2.24) is 0 Å². The van der Waals surface area contributed by atoms with Crippen molar-refractivity contribution >= 4 is 41.8 Å². The molecule has 4 unspecified atom stereocenters.